The summed E-state index contributed by atoms with van der Waals surface area (Å²) in [6, 6.07) is -0.0669. The number of hydrogen-bond donors (Lipinski definition) is 2. The average Bonchev–Trinajstić information content (AvgIpc) is 2.71. The molecule has 120 valence electrons. The van der Waals surface area contributed by atoms with Crippen molar-refractivity contribution in [2.24, 2.45) is 17.1 Å². The Morgan fingerprint density at radius 2 is 1.95 bits per heavy atom. The minimum Gasteiger partial charge on any atom is -0.481 e. The van der Waals surface area contributed by atoms with E-state index >= 15 is 0 Å². The minimum atomic E-state index is -0.771. The fourth-order valence-corrected chi connectivity index (χ4v) is 3.81. The lowest BCUT2D eigenvalue weighted by atomic mass is 9.77. The third-order valence-electron chi connectivity index (χ3n) is 5.41. The lowest BCUT2D eigenvalue weighted by Gasteiger charge is -2.41. The van der Waals surface area contributed by atoms with Gasteiger partial charge in [0.2, 0.25) is 5.91 Å². The van der Waals surface area contributed by atoms with Gasteiger partial charge in [0.25, 0.3) is 0 Å². The van der Waals surface area contributed by atoms with Crippen LogP contribution in [-0.4, -0.2) is 41.0 Å². The topological polar surface area (TPSA) is 83.6 Å². The van der Waals surface area contributed by atoms with E-state index < -0.39 is 11.4 Å². The quantitative estimate of drug-likeness (QED) is 0.780. The van der Waals surface area contributed by atoms with Gasteiger partial charge in [-0.25, -0.2) is 0 Å². The van der Waals surface area contributed by atoms with Gasteiger partial charge < -0.3 is 15.7 Å². The molecule has 2 fully saturated rings. The smallest absolute Gasteiger partial charge is 0.311 e. The van der Waals surface area contributed by atoms with Crippen molar-refractivity contribution in [3.63, 3.8) is 0 Å². The van der Waals surface area contributed by atoms with E-state index in [-0.39, 0.29) is 17.9 Å². The molecule has 0 bridgehead atoms. The molecule has 1 aliphatic heterocycles. The lowest BCUT2D eigenvalue weighted by Crippen LogP contribution is -2.53. The molecule has 1 saturated carbocycles. The highest BCUT2D eigenvalue weighted by Gasteiger charge is 2.43. The first-order valence-electron chi connectivity index (χ1n) is 8.28. The van der Waals surface area contributed by atoms with E-state index in [1.165, 1.54) is 0 Å². The van der Waals surface area contributed by atoms with Gasteiger partial charge in [-0.3, -0.25) is 9.59 Å². The summed E-state index contributed by atoms with van der Waals surface area (Å²) in [6.45, 7) is 2.93. The maximum Gasteiger partial charge on any atom is 0.311 e. The number of carbonyl (C=O) groups is 2. The second-order valence-corrected chi connectivity index (χ2v) is 6.71. The molecule has 2 aliphatic rings. The molecule has 0 aromatic carbocycles. The SMILES string of the molecule is CCC1(C(=O)O)CCCN(C(=O)C2CCCCCC2N)C1. The van der Waals surface area contributed by atoms with Gasteiger partial charge >= 0.3 is 5.97 Å². The molecule has 1 amide bonds. The third kappa shape index (κ3) is 3.39. The average molecular weight is 296 g/mol. The van der Waals surface area contributed by atoms with Crippen LogP contribution in [0, 0.1) is 11.3 Å². The van der Waals surface area contributed by atoms with Crippen LogP contribution in [-0.2, 0) is 9.59 Å². The Bertz CT molecular complexity index is 399. The van der Waals surface area contributed by atoms with Crippen molar-refractivity contribution in [1.29, 1.82) is 0 Å². The predicted molar refractivity (Wildman–Crippen MR) is 80.7 cm³/mol. The van der Waals surface area contributed by atoms with Crippen molar-refractivity contribution >= 4 is 11.9 Å². The summed E-state index contributed by atoms with van der Waals surface area (Å²) in [5.41, 5.74) is 5.42. The molecule has 3 unspecified atom stereocenters. The van der Waals surface area contributed by atoms with Crippen molar-refractivity contribution in [2.45, 2.75) is 64.3 Å². The molecule has 5 nitrogen and oxygen atoms in total. The molecule has 21 heavy (non-hydrogen) atoms. The highest BCUT2D eigenvalue weighted by Crippen LogP contribution is 2.35. The number of carboxylic acid groups (broad SMARTS) is 1. The van der Waals surface area contributed by atoms with Gasteiger partial charge in [-0.1, -0.05) is 26.2 Å². The monoisotopic (exact) mass is 296 g/mol. The zero-order valence-corrected chi connectivity index (χ0v) is 13.0. The summed E-state index contributed by atoms with van der Waals surface area (Å²) in [5, 5.41) is 9.53. The van der Waals surface area contributed by atoms with Crippen LogP contribution < -0.4 is 5.73 Å². The van der Waals surface area contributed by atoms with Crippen molar-refractivity contribution in [3.8, 4) is 0 Å². The van der Waals surface area contributed by atoms with Gasteiger partial charge in [-0.05, 0) is 32.1 Å². The number of likely N-dealkylation sites (tertiary alicyclic amines) is 1. The zero-order valence-electron chi connectivity index (χ0n) is 13.0. The summed E-state index contributed by atoms with van der Waals surface area (Å²) in [6.07, 6.45) is 7.06. The van der Waals surface area contributed by atoms with Crippen LogP contribution in [0.5, 0.6) is 0 Å². The van der Waals surface area contributed by atoms with E-state index in [0.29, 0.717) is 25.9 Å². The molecule has 1 saturated heterocycles. The molecule has 0 aromatic rings. The molecular formula is C16H28N2O3. The van der Waals surface area contributed by atoms with E-state index in [4.69, 9.17) is 5.73 Å². The maximum absolute atomic E-state index is 12.8. The summed E-state index contributed by atoms with van der Waals surface area (Å²) in [4.78, 5) is 26.2. The third-order valence-corrected chi connectivity index (χ3v) is 5.41. The Morgan fingerprint density at radius 1 is 1.24 bits per heavy atom. The van der Waals surface area contributed by atoms with Gasteiger partial charge in [-0.2, -0.15) is 0 Å². The molecule has 0 radical (unpaired) electrons. The molecule has 5 heteroatoms. The van der Waals surface area contributed by atoms with Crippen LogP contribution in [0.25, 0.3) is 0 Å². The van der Waals surface area contributed by atoms with E-state index in [0.717, 1.165) is 38.5 Å². The van der Waals surface area contributed by atoms with Crippen molar-refractivity contribution in [2.75, 3.05) is 13.1 Å². The Labute approximate surface area is 126 Å². The molecule has 0 spiro atoms. The van der Waals surface area contributed by atoms with Gasteiger partial charge in [-0.15, -0.1) is 0 Å². The minimum absolute atomic E-state index is 0.0669. The Balaban J connectivity index is 2.09. The summed E-state index contributed by atoms with van der Waals surface area (Å²) in [7, 11) is 0. The Hall–Kier alpha value is -1.10. The standard InChI is InChI=1S/C16H28N2O3/c1-2-16(15(20)21)9-6-10-18(11-16)14(19)12-7-4-3-5-8-13(12)17/h12-13H,2-11,17H2,1H3,(H,20,21). The number of nitrogens with two attached hydrogens (primary N) is 1. The molecule has 0 aromatic heterocycles. The number of aliphatic carboxylic acids is 1. The first-order valence-corrected chi connectivity index (χ1v) is 8.28. The molecule has 1 heterocycles. The van der Waals surface area contributed by atoms with Gasteiger partial charge in [0, 0.05) is 19.1 Å². The second kappa shape index (κ2) is 6.77. The van der Waals surface area contributed by atoms with Crippen molar-refractivity contribution < 1.29 is 14.7 Å². The number of piperidine rings is 1. The van der Waals surface area contributed by atoms with Crippen LogP contribution in [0.1, 0.15) is 58.3 Å². The fraction of sp³-hybridized carbons (Fsp3) is 0.875. The van der Waals surface area contributed by atoms with Crippen LogP contribution in [0.2, 0.25) is 0 Å². The number of carboxylic acids is 1. The van der Waals surface area contributed by atoms with E-state index in [9.17, 15) is 14.7 Å². The number of nitrogens with zero attached hydrogens (tertiary/aromatic N) is 1. The fourth-order valence-electron chi connectivity index (χ4n) is 3.81. The maximum atomic E-state index is 12.8. The number of hydrogen-bond acceptors (Lipinski definition) is 3. The summed E-state index contributed by atoms with van der Waals surface area (Å²) in [5.74, 6) is -0.801. The molecular weight excluding hydrogens is 268 g/mol. The zero-order chi connectivity index (χ0) is 15.5. The van der Waals surface area contributed by atoms with Crippen molar-refractivity contribution in [1.82, 2.24) is 4.90 Å². The van der Waals surface area contributed by atoms with Gasteiger partial charge in [0.05, 0.1) is 11.3 Å². The Morgan fingerprint density at radius 3 is 2.62 bits per heavy atom. The number of carbonyl (C=O) groups excluding carboxylic acids is 1. The van der Waals surface area contributed by atoms with Gasteiger partial charge in [0.1, 0.15) is 0 Å². The van der Waals surface area contributed by atoms with E-state index in [2.05, 4.69) is 0 Å². The summed E-state index contributed by atoms with van der Waals surface area (Å²) >= 11 is 0. The highest BCUT2D eigenvalue weighted by molar-refractivity contribution is 5.82. The molecule has 3 atom stereocenters. The second-order valence-electron chi connectivity index (χ2n) is 6.71. The van der Waals surface area contributed by atoms with Crippen LogP contribution in [0.3, 0.4) is 0 Å². The lowest BCUT2D eigenvalue weighted by molar-refractivity contribution is -0.156. The van der Waals surface area contributed by atoms with E-state index in [1.807, 2.05) is 6.92 Å². The van der Waals surface area contributed by atoms with Crippen LogP contribution >= 0.6 is 0 Å². The molecule has 1 aliphatic carbocycles. The van der Waals surface area contributed by atoms with Crippen molar-refractivity contribution in [3.05, 3.63) is 0 Å². The number of amides is 1. The molecule has 2 rings (SSSR count). The van der Waals surface area contributed by atoms with E-state index in [1.54, 1.807) is 4.90 Å². The molecule has 3 N–H and O–H groups in total. The summed E-state index contributed by atoms with van der Waals surface area (Å²) < 4.78 is 0. The largest absolute Gasteiger partial charge is 0.481 e. The first-order chi connectivity index (χ1) is 10.00. The predicted octanol–water partition coefficient (Wildman–Crippen LogP) is 2.00. The van der Waals surface area contributed by atoms with Gasteiger partial charge in [0.15, 0.2) is 0 Å². The first kappa shape index (κ1) is 16.3. The normalized spacial score (nSPS) is 34.3. The van der Waals surface area contributed by atoms with Crippen LogP contribution in [0.15, 0.2) is 0 Å². The Kier molecular flexibility index (Phi) is 5.25. The highest BCUT2D eigenvalue weighted by atomic mass is 16.4. The number of rotatable bonds is 3. The van der Waals surface area contributed by atoms with Crippen LogP contribution in [0.4, 0.5) is 0 Å².